The fraction of sp³-hybridized carbons (Fsp3) is 0.290. The summed E-state index contributed by atoms with van der Waals surface area (Å²) in [5.41, 5.74) is 0.0110. The number of aromatic nitrogens is 2. The van der Waals surface area contributed by atoms with Crippen molar-refractivity contribution < 1.29 is 33.9 Å². The highest BCUT2D eigenvalue weighted by Gasteiger charge is 2.57. The molecule has 0 fully saturated rings. The van der Waals surface area contributed by atoms with Crippen molar-refractivity contribution in [2.24, 2.45) is 5.41 Å². The predicted molar refractivity (Wildman–Crippen MR) is 156 cm³/mol. The van der Waals surface area contributed by atoms with E-state index in [-0.39, 0.29) is 29.9 Å². The molecule has 2 N–H and O–H groups in total. The third-order valence-electron chi connectivity index (χ3n) is 7.74. The fourth-order valence-corrected chi connectivity index (χ4v) is 5.60. The number of nitro benzene ring substituents is 1. The Hall–Kier alpha value is -5.26. The maximum absolute atomic E-state index is 13.1. The fourth-order valence-electron chi connectivity index (χ4n) is 5.60. The van der Waals surface area contributed by atoms with Crippen LogP contribution in [0.4, 0.5) is 5.69 Å². The minimum atomic E-state index is -1.82. The number of hydrogen-bond acceptors (Lipinski definition) is 9. The summed E-state index contributed by atoms with van der Waals surface area (Å²) >= 11 is 0. The van der Waals surface area contributed by atoms with Crippen LogP contribution in [0.5, 0.6) is 0 Å². The molecule has 0 radical (unpaired) electrons. The number of ether oxygens (including phenoxy) is 2. The van der Waals surface area contributed by atoms with E-state index in [1.54, 1.807) is 38.5 Å². The lowest BCUT2D eigenvalue weighted by Crippen LogP contribution is -2.57. The summed E-state index contributed by atoms with van der Waals surface area (Å²) in [7, 11) is 1.15. The van der Waals surface area contributed by atoms with Gasteiger partial charge in [-0.15, -0.1) is 0 Å². The normalized spacial score (nSPS) is 20.0. The Bertz CT molecular complexity index is 1560. The van der Waals surface area contributed by atoms with Gasteiger partial charge in [0.05, 0.1) is 30.5 Å². The topological polar surface area (TPSA) is 163 Å². The first-order chi connectivity index (χ1) is 20.6. The van der Waals surface area contributed by atoms with Gasteiger partial charge in [0.25, 0.3) is 5.69 Å². The summed E-state index contributed by atoms with van der Waals surface area (Å²) in [4.78, 5) is 54.0. The summed E-state index contributed by atoms with van der Waals surface area (Å²) in [6, 6.07) is 12.4. The van der Waals surface area contributed by atoms with Gasteiger partial charge in [-0.2, -0.15) is 0 Å². The smallest absolute Gasteiger partial charge is 0.336 e. The number of nitrogens with one attached hydrogen (secondary N) is 1. The van der Waals surface area contributed by atoms with Gasteiger partial charge in [-0.1, -0.05) is 42.5 Å². The van der Waals surface area contributed by atoms with Gasteiger partial charge in [-0.05, 0) is 31.1 Å². The van der Waals surface area contributed by atoms with Gasteiger partial charge in [0, 0.05) is 60.7 Å². The van der Waals surface area contributed by atoms with Crippen LogP contribution in [0.25, 0.3) is 6.08 Å². The van der Waals surface area contributed by atoms with E-state index in [0.717, 1.165) is 18.2 Å². The van der Waals surface area contributed by atoms with Gasteiger partial charge in [0.2, 0.25) is 0 Å². The van der Waals surface area contributed by atoms with Crippen molar-refractivity contribution in [1.29, 1.82) is 0 Å². The van der Waals surface area contributed by atoms with Gasteiger partial charge >= 0.3 is 17.9 Å². The number of esters is 2. The zero-order valence-corrected chi connectivity index (χ0v) is 23.9. The molecule has 0 spiro atoms. The van der Waals surface area contributed by atoms with Gasteiger partial charge < -0.3 is 24.5 Å². The molecule has 3 unspecified atom stereocenters. The Morgan fingerprint density at radius 3 is 2.53 bits per heavy atom. The van der Waals surface area contributed by atoms with Crippen LogP contribution >= 0.6 is 0 Å². The summed E-state index contributed by atoms with van der Waals surface area (Å²) in [6.45, 7) is 3.54. The molecule has 12 heteroatoms. The number of carbonyl (C=O) groups is 3. The average Bonchev–Trinajstić information content (AvgIpc) is 3.50. The van der Waals surface area contributed by atoms with Crippen molar-refractivity contribution in [1.82, 2.24) is 14.9 Å². The van der Waals surface area contributed by atoms with Crippen molar-refractivity contribution in [2.75, 3.05) is 13.7 Å². The quantitative estimate of drug-likeness (QED) is 0.144. The minimum absolute atomic E-state index is 0.0417. The van der Waals surface area contributed by atoms with Crippen molar-refractivity contribution >= 4 is 29.7 Å². The van der Waals surface area contributed by atoms with Gasteiger partial charge in [0.1, 0.15) is 5.41 Å². The first-order valence-electron chi connectivity index (χ1n) is 13.5. The third kappa shape index (κ3) is 6.48. The molecule has 0 saturated carbocycles. The number of para-hydroxylation sites is 1. The van der Waals surface area contributed by atoms with Crippen LogP contribution in [-0.4, -0.2) is 57.2 Å². The maximum atomic E-state index is 13.1. The number of carbonyl (C=O) groups excluding carboxylic acids is 2. The van der Waals surface area contributed by atoms with E-state index >= 15 is 0 Å². The number of benzene rings is 2. The molecule has 2 heterocycles. The van der Waals surface area contributed by atoms with E-state index in [4.69, 9.17) is 9.47 Å². The van der Waals surface area contributed by atoms with Gasteiger partial charge in [-0.25, -0.2) is 14.6 Å². The molecule has 1 aromatic heterocycles. The second kappa shape index (κ2) is 13.1. The molecular formula is C31H32N4O8. The maximum Gasteiger partial charge on any atom is 0.336 e. The number of aliphatic carboxylic acids is 1. The minimum Gasteiger partial charge on any atom is -0.481 e. The molecule has 0 saturated heterocycles. The summed E-state index contributed by atoms with van der Waals surface area (Å²) in [6.07, 6.45) is 7.86. The third-order valence-corrected chi connectivity index (χ3v) is 7.74. The highest BCUT2D eigenvalue weighted by molar-refractivity contribution is 5.94. The molecule has 1 aliphatic heterocycles. The second-order valence-electron chi connectivity index (χ2n) is 10.2. The number of imidazole rings is 1. The number of nitro groups is 1. The van der Waals surface area contributed by atoms with E-state index in [1.165, 1.54) is 24.3 Å². The Kier molecular flexibility index (Phi) is 9.39. The van der Waals surface area contributed by atoms with Crippen LogP contribution < -0.4 is 5.32 Å². The molecule has 12 nitrogen and oxygen atoms in total. The van der Waals surface area contributed by atoms with Crippen LogP contribution in [0.2, 0.25) is 0 Å². The van der Waals surface area contributed by atoms with E-state index < -0.39 is 40.2 Å². The van der Waals surface area contributed by atoms with E-state index in [9.17, 15) is 29.6 Å². The molecule has 2 aromatic carbocycles. The monoisotopic (exact) mass is 588 g/mol. The standard InChI is InChI=1S/C31H32N4O8/c1-20-27(29(37)42-3)28(24-6-4-5-7-25(24)35(40)41)31(30(38)39,21(2)33-20)14-17-43-26(36)13-12-22-8-10-23(11-9-22)18-34-16-15-32-19-34/h4-13,15-16,19,21,28,33H,14,17-18H2,1-3H3,(H,38,39). The molecule has 43 heavy (non-hydrogen) atoms. The van der Waals surface area contributed by atoms with E-state index in [2.05, 4.69) is 10.3 Å². The molecule has 4 rings (SSSR count). The first kappa shape index (κ1) is 30.7. The van der Waals surface area contributed by atoms with Crippen LogP contribution in [0.15, 0.2) is 84.6 Å². The highest BCUT2D eigenvalue weighted by atomic mass is 16.6. The van der Waals surface area contributed by atoms with E-state index in [0.29, 0.717) is 12.2 Å². The van der Waals surface area contributed by atoms with Gasteiger partial charge in [0.15, 0.2) is 0 Å². The molecule has 3 aromatic rings. The molecule has 0 amide bonds. The van der Waals surface area contributed by atoms with Crippen LogP contribution in [0, 0.1) is 15.5 Å². The largest absolute Gasteiger partial charge is 0.481 e. The zero-order chi connectivity index (χ0) is 31.1. The molecular weight excluding hydrogens is 556 g/mol. The number of hydrogen-bond donors (Lipinski definition) is 2. The lowest BCUT2D eigenvalue weighted by molar-refractivity contribution is -0.385. The molecule has 224 valence electrons. The van der Waals surface area contributed by atoms with Crippen molar-refractivity contribution in [3.05, 3.63) is 111 Å². The summed E-state index contributed by atoms with van der Waals surface area (Å²) < 4.78 is 12.3. The van der Waals surface area contributed by atoms with Gasteiger partial charge in [-0.3, -0.25) is 14.9 Å². The second-order valence-corrected chi connectivity index (χ2v) is 10.2. The van der Waals surface area contributed by atoms with Crippen molar-refractivity contribution in [2.45, 2.75) is 38.8 Å². The average molecular weight is 589 g/mol. The van der Waals surface area contributed by atoms with Crippen LogP contribution in [-0.2, 0) is 30.4 Å². The molecule has 0 aliphatic carbocycles. The SMILES string of the molecule is COC(=O)C1=C(C)NC(C)C(CCOC(=O)C=Cc2ccc(Cn3ccnc3)cc2)(C(=O)O)C1c1ccccc1[N+](=O)[O-]. The molecule has 3 atom stereocenters. The Morgan fingerprint density at radius 1 is 1.19 bits per heavy atom. The molecule has 0 bridgehead atoms. The number of allylic oxidation sites excluding steroid dienone is 1. The number of methoxy groups -OCH3 is 1. The number of carboxylic acid groups (broad SMARTS) is 1. The predicted octanol–water partition coefficient (Wildman–Crippen LogP) is 4.08. The highest BCUT2D eigenvalue weighted by Crippen LogP contribution is 2.52. The lowest BCUT2D eigenvalue weighted by atomic mass is 9.60. The van der Waals surface area contributed by atoms with Crippen LogP contribution in [0.1, 0.15) is 42.9 Å². The lowest BCUT2D eigenvalue weighted by Gasteiger charge is -2.46. The number of carboxylic acids is 1. The number of nitrogens with zero attached hydrogens (tertiary/aromatic N) is 3. The summed E-state index contributed by atoms with van der Waals surface area (Å²) in [5.74, 6) is -4.10. The number of rotatable bonds is 11. The van der Waals surface area contributed by atoms with E-state index in [1.807, 2.05) is 35.0 Å². The first-order valence-corrected chi connectivity index (χ1v) is 13.5. The Balaban J connectivity index is 1.56. The summed E-state index contributed by atoms with van der Waals surface area (Å²) in [5, 5.41) is 25.7. The van der Waals surface area contributed by atoms with Crippen molar-refractivity contribution in [3.63, 3.8) is 0 Å². The Labute approximate surface area is 247 Å². The zero-order valence-electron chi connectivity index (χ0n) is 23.9. The van der Waals surface area contributed by atoms with Crippen LogP contribution in [0.3, 0.4) is 0 Å². The Morgan fingerprint density at radius 2 is 1.91 bits per heavy atom. The van der Waals surface area contributed by atoms with Crippen molar-refractivity contribution in [3.8, 4) is 0 Å². The molecule has 1 aliphatic rings.